The lowest BCUT2D eigenvalue weighted by atomic mass is 9.98. The number of H-pyrrole nitrogens is 1. The van der Waals surface area contributed by atoms with Crippen LogP contribution in [0.15, 0.2) is 88.9 Å². The van der Waals surface area contributed by atoms with Crippen molar-refractivity contribution in [2.45, 2.75) is 43.8 Å². The molecule has 40 heavy (non-hydrogen) atoms. The van der Waals surface area contributed by atoms with Crippen molar-refractivity contribution in [2.24, 2.45) is 5.73 Å². The number of nitrogens with two attached hydrogens (primary N) is 1. The van der Waals surface area contributed by atoms with Crippen molar-refractivity contribution < 1.29 is 19.5 Å². The van der Waals surface area contributed by atoms with Gasteiger partial charge < -0.3 is 20.7 Å². The lowest BCUT2D eigenvalue weighted by Gasteiger charge is -2.53. The standard InChI is InChI=1S/C30H30N4O5S/c1-18-17-40-29-25(28(37)34(29)24(18)30(38)39)33(27(36)23(31)20-10-6-3-7-11-20)16-21-13-15-22(32-26(21)35)14-12-19-8-4-2-5-9-19/h2-11,13,15,23,25,29H,12,14,16-17,31H2,1H3,(H,32,35)(H,38,39)/t23-,25-,29-/m1/s1. The number of aliphatic carboxylic acids is 1. The van der Waals surface area contributed by atoms with Gasteiger partial charge in [0.15, 0.2) is 0 Å². The van der Waals surface area contributed by atoms with Crippen LogP contribution in [0.25, 0.3) is 0 Å². The highest BCUT2D eigenvalue weighted by Crippen LogP contribution is 2.43. The van der Waals surface area contributed by atoms with Crippen molar-refractivity contribution in [2.75, 3.05) is 5.75 Å². The van der Waals surface area contributed by atoms with Crippen molar-refractivity contribution in [3.05, 3.63) is 117 Å². The maximum absolute atomic E-state index is 13.8. The Morgan fingerprint density at radius 3 is 2.38 bits per heavy atom. The number of aromatic nitrogens is 1. The van der Waals surface area contributed by atoms with Crippen molar-refractivity contribution in [3.63, 3.8) is 0 Å². The van der Waals surface area contributed by atoms with Gasteiger partial charge in [0.25, 0.3) is 11.5 Å². The van der Waals surface area contributed by atoms with Crippen LogP contribution in [0.1, 0.15) is 35.3 Å². The third-order valence-electron chi connectivity index (χ3n) is 7.29. The molecular formula is C30H30N4O5S. The Kier molecular flexibility index (Phi) is 7.90. The molecule has 3 aromatic rings. The van der Waals surface area contributed by atoms with E-state index in [1.807, 2.05) is 42.5 Å². The molecular weight excluding hydrogens is 528 g/mol. The molecule has 10 heteroatoms. The van der Waals surface area contributed by atoms with E-state index in [9.17, 15) is 24.3 Å². The number of rotatable bonds is 9. The Hall–Kier alpha value is -4.15. The number of hydrogen-bond acceptors (Lipinski definition) is 6. The fourth-order valence-corrected chi connectivity index (χ4v) is 6.49. The molecule has 4 N–H and O–H groups in total. The molecule has 1 fully saturated rings. The second-order valence-corrected chi connectivity index (χ2v) is 11.1. The molecule has 2 aromatic carbocycles. The summed E-state index contributed by atoms with van der Waals surface area (Å²) in [5.41, 5.74) is 9.36. The molecule has 206 valence electrons. The highest BCUT2D eigenvalue weighted by atomic mass is 32.2. The molecule has 0 unspecified atom stereocenters. The summed E-state index contributed by atoms with van der Waals surface area (Å²) in [6.45, 7) is 1.54. The Morgan fingerprint density at radius 2 is 1.73 bits per heavy atom. The van der Waals surface area contributed by atoms with Crippen LogP contribution >= 0.6 is 11.8 Å². The first-order valence-electron chi connectivity index (χ1n) is 13.0. The van der Waals surface area contributed by atoms with Crippen molar-refractivity contribution in [1.29, 1.82) is 0 Å². The average Bonchev–Trinajstić information content (AvgIpc) is 2.97. The number of nitrogens with one attached hydrogen (secondary N) is 1. The van der Waals surface area contributed by atoms with Crippen molar-refractivity contribution >= 4 is 29.5 Å². The quantitative estimate of drug-likeness (QED) is 0.344. The van der Waals surface area contributed by atoms with Gasteiger partial charge >= 0.3 is 5.97 Å². The second kappa shape index (κ2) is 11.5. The molecule has 2 amide bonds. The molecule has 0 radical (unpaired) electrons. The van der Waals surface area contributed by atoms with Gasteiger partial charge in [0, 0.05) is 17.0 Å². The number of benzene rings is 2. The lowest BCUT2D eigenvalue weighted by Crippen LogP contribution is -2.71. The highest BCUT2D eigenvalue weighted by Gasteiger charge is 2.57. The van der Waals surface area contributed by atoms with Crippen LogP contribution in [0.2, 0.25) is 0 Å². The van der Waals surface area contributed by atoms with E-state index in [0.29, 0.717) is 28.9 Å². The predicted octanol–water partition coefficient (Wildman–Crippen LogP) is 2.83. The molecule has 0 aliphatic carbocycles. The molecule has 2 aliphatic heterocycles. The van der Waals surface area contributed by atoms with Crippen LogP contribution in [0.5, 0.6) is 0 Å². The molecule has 1 aromatic heterocycles. The average molecular weight is 559 g/mol. The first-order chi connectivity index (χ1) is 19.3. The summed E-state index contributed by atoms with van der Waals surface area (Å²) in [7, 11) is 0. The minimum absolute atomic E-state index is 0.0506. The molecule has 0 spiro atoms. The van der Waals surface area contributed by atoms with Gasteiger partial charge in [-0.1, -0.05) is 66.7 Å². The van der Waals surface area contributed by atoms with Crippen molar-refractivity contribution in [1.82, 2.24) is 14.8 Å². The fraction of sp³-hybridized carbons (Fsp3) is 0.267. The third-order valence-corrected chi connectivity index (χ3v) is 8.70. The first kappa shape index (κ1) is 27.4. The number of aryl methyl sites for hydroxylation is 2. The number of carboxylic acid groups (broad SMARTS) is 1. The number of pyridine rings is 1. The van der Waals surface area contributed by atoms with E-state index in [0.717, 1.165) is 17.7 Å². The van der Waals surface area contributed by atoms with Crippen LogP contribution in [0.3, 0.4) is 0 Å². The minimum Gasteiger partial charge on any atom is -0.477 e. The summed E-state index contributed by atoms with van der Waals surface area (Å²) >= 11 is 1.39. The lowest BCUT2D eigenvalue weighted by molar-refractivity contribution is -0.161. The summed E-state index contributed by atoms with van der Waals surface area (Å²) in [5.74, 6) is -1.79. The molecule has 0 bridgehead atoms. The number of nitrogens with zero attached hydrogens (tertiary/aromatic N) is 2. The number of carbonyl (C=O) groups excluding carboxylic acids is 2. The number of β-lactam (4-membered cyclic amide) rings is 1. The van der Waals surface area contributed by atoms with E-state index in [4.69, 9.17) is 5.73 Å². The van der Waals surface area contributed by atoms with Gasteiger partial charge in [0.05, 0.1) is 6.54 Å². The van der Waals surface area contributed by atoms with Gasteiger partial charge in [-0.15, -0.1) is 11.8 Å². The van der Waals surface area contributed by atoms with E-state index >= 15 is 0 Å². The molecule has 9 nitrogen and oxygen atoms in total. The number of aromatic amines is 1. The topological polar surface area (TPSA) is 137 Å². The van der Waals surface area contributed by atoms with E-state index < -0.39 is 35.2 Å². The van der Waals surface area contributed by atoms with Crippen LogP contribution in [0, 0.1) is 0 Å². The van der Waals surface area contributed by atoms with Crippen LogP contribution in [-0.4, -0.2) is 54.8 Å². The van der Waals surface area contributed by atoms with Gasteiger partial charge in [-0.2, -0.15) is 0 Å². The maximum Gasteiger partial charge on any atom is 0.352 e. The van der Waals surface area contributed by atoms with Gasteiger partial charge in [0.2, 0.25) is 5.91 Å². The molecule has 5 rings (SSSR count). The van der Waals surface area contributed by atoms with E-state index in [1.54, 1.807) is 37.3 Å². The fourth-order valence-electron chi connectivity index (χ4n) is 5.13. The number of amides is 2. The molecule has 0 saturated carbocycles. The highest BCUT2D eigenvalue weighted by molar-refractivity contribution is 8.00. The van der Waals surface area contributed by atoms with Crippen LogP contribution in [0.4, 0.5) is 0 Å². The number of fused-ring (bicyclic) bond motifs is 1. The van der Waals surface area contributed by atoms with E-state index in [-0.39, 0.29) is 17.8 Å². The third kappa shape index (κ3) is 5.32. The van der Waals surface area contributed by atoms with Gasteiger partial charge in [-0.05, 0) is 42.5 Å². The van der Waals surface area contributed by atoms with Crippen LogP contribution in [-0.2, 0) is 33.8 Å². The zero-order valence-corrected chi connectivity index (χ0v) is 22.8. The zero-order chi connectivity index (χ0) is 28.4. The largest absolute Gasteiger partial charge is 0.477 e. The van der Waals surface area contributed by atoms with Gasteiger partial charge in [-0.3, -0.25) is 19.3 Å². The molecule has 3 atom stereocenters. The molecule has 3 heterocycles. The summed E-state index contributed by atoms with van der Waals surface area (Å²) in [6, 6.07) is 20.2. The Bertz CT molecular complexity index is 1520. The van der Waals surface area contributed by atoms with Crippen molar-refractivity contribution in [3.8, 4) is 0 Å². The normalized spacial score (nSPS) is 19.1. The van der Waals surface area contributed by atoms with E-state index in [1.165, 1.54) is 21.6 Å². The second-order valence-electron chi connectivity index (χ2n) is 9.97. The maximum atomic E-state index is 13.8. The molecule has 1 saturated heterocycles. The summed E-state index contributed by atoms with van der Waals surface area (Å²) in [5, 5.41) is 9.14. The Balaban J connectivity index is 1.42. The first-order valence-corrected chi connectivity index (χ1v) is 14.0. The van der Waals surface area contributed by atoms with Gasteiger partial charge in [0.1, 0.15) is 23.2 Å². The zero-order valence-electron chi connectivity index (χ0n) is 21.9. The minimum atomic E-state index is -1.18. The van der Waals surface area contributed by atoms with Crippen LogP contribution < -0.4 is 11.3 Å². The predicted molar refractivity (Wildman–Crippen MR) is 152 cm³/mol. The Morgan fingerprint density at radius 1 is 1.05 bits per heavy atom. The summed E-state index contributed by atoms with van der Waals surface area (Å²) in [6.07, 6.45) is 1.40. The number of carboxylic acids is 1. The smallest absolute Gasteiger partial charge is 0.352 e. The summed E-state index contributed by atoms with van der Waals surface area (Å²) < 4.78 is 0. The van der Waals surface area contributed by atoms with Gasteiger partial charge in [-0.25, -0.2) is 4.79 Å². The monoisotopic (exact) mass is 558 g/mol. The Labute approximate surface area is 235 Å². The number of hydrogen-bond donors (Lipinski definition) is 3. The number of thioether (sulfide) groups is 1. The SMILES string of the molecule is CC1=C(C(=O)O)N2C(=O)[C@@H](N(Cc3ccc(CCc4ccccc4)[nH]c3=O)C(=O)[C@H](N)c3ccccc3)[C@H]2SC1. The molecule has 2 aliphatic rings. The number of carbonyl (C=O) groups is 3. The summed E-state index contributed by atoms with van der Waals surface area (Å²) in [4.78, 5) is 57.7. The van der Waals surface area contributed by atoms with E-state index in [2.05, 4.69) is 4.98 Å².